The number of rotatable bonds is 10. The van der Waals surface area contributed by atoms with Crippen molar-refractivity contribution in [2.24, 2.45) is 5.92 Å². The number of anilines is 6. The third kappa shape index (κ3) is 6.24. The van der Waals surface area contributed by atoms with Gasteiger partial charge < -0.3 is 29.4 Å². The van der Waals surface area contributed by atoms with Crippen LogP contribution in [0, 0.1) is 26.7 Å². The van der Waals surface area contributed by atoms with Crippen LogP contribution in [0.5, 0.6) is 0 Å². The average molecular weight is 681 g/mol. The summed E-state index contributed by atoms with van der Waals surface area (Å²) in [6, 6.07) is 15.2. The molecule has 1 unspecified atom stereocenters. The van der Waals surface area contributed by atoms with Gasteiger partial charge in [-0.3, -0.25) is 0 Å². The molecule has 7 heteroatoms. The Labute approximate surface area is 300 Å². The molecule has 1 aliphatic rings. The van der Waals surface area contributed by atoms with E-state index >= 15 is 0 Å². The van der Waals surface area contributed by atoms with E-state index in [1.807, 2.05) is 0 Å². The topological polar surface area (TPSA) is 19.4 Å². The van der Waals surface area contributed by atoms with Crippen molar-refractivity contribution in [3.63, 3.8) is 0 Å². The molecule has 0 saturated heterocycles. The molecule has 0 aliphatic heterocycles. The van der Waals surface area contributed by atoms with E-state index in [9.17, 15) is 0 Å². The number of benzene rings is 3. The molecule has 3 aromatic rings. The molecule has 6 nitrogen and oxygen atoms in total. The van der Waals surface area contributed by atoms with Gasteiger partial charge in [0.05, 0.1) is 34.1 Å². The van der Waals surface area contributed by atoms with E-state index in [4.69, 9.17) is 0 Å². The highest BCUT2D eigenvalue weighted by Crippen LogP contribution is 2.44. The highest BCUT2D eigenvalue weighted by atomic mass is 28.3. The van der Waals surface area contributed by atoms with Gasteiger partial charge in [-0.25, -0.2) is 0 Å². The van der Waals surface area contributed by atoms with Crippen LogP contribution in [0.3, 0.4) is 0 Å². The first-order valence-corrected chi connectivity index (χ1v) is 19.6. The smallest absolute Gasteiger partial charge is 0.176 e. The molecule has 0 spiro atoms. The van der Waals surface area contributed by atoms with Crippen LogP contribution < -0.4 is 45.0 Å². The van der Waals surface area contributed by atoms with E-state index in [0.717, 1.165) is 0 Å². The zero-order valence-electron chi connectivity index (χ0n) is 34.2. The minimum atomic E-state index is -3.00. The van der Waals surface area contributed by atoms with Crippen LogP contribution in [-0.2, 0) is 0 Å². The molecule has 0 saturated carbocycles. The van der Waals surface area contributed by atoms with Crippen LogP contribution in [-0.4, -0.2) is 92.6 Å². The Balaban J connectivity index is 2.44. The molecule has 0 aromatic heterocycles. The lowest BCUT2D eigenvalue weighted by Gasteiger charge is -2.42. The fraction of sp³-hybridized carbons (Fsp3) is 0.476. The lowest BCUT2D eigenvalue weighted by atomic mass is 10.1. The van der Waals surface area contributed by atoms with E-state index in [1.54, 1.807) is 5.20 Å². The largest absolute Gasteiger partial charge is 0.376 e. The van der Waals surface area contributed by atoms with Crippen LogP contribution in [0.25, 0.3) is 0 Å². The normalized spacial score (nSPS) is 14.9. The number of hydrogen-bond donors (Lipinski definition) is 0. The maximum atomic E-state index is 2.54. The number of nitrogens with zero attached hydrogens (tertiary/aromatic N) is 6. The van der Waals surface area contributed by atoms with Crippen molar-refractivity contribution in [2.45, 2.75) is 48.5 Å². The number of aryl methyl sites for hydroxylation is 3. The highest BCUT2D eigenvalue weighted by Gasteiger charge is 2.49. The Bertz CT molecular complexity index is 1640. The highest BCUT2D eigenvalue weighted by molar-refractivity contribution is 7.16. The molecule has 4 rings (SSSR count). The first kappa shape index (κ1) is 38.0. The summed E-state index contributed by atoms with van der Waals surface area (Å²) < 4.78 is 0. The molecule has 0 fully saturated rings. The third-order valence-electron chi connectivity index (χ3n) is 11.0. The molecule has 0 heterocycles. The second-order valence-corrected chi connectivity index (χ2v) is 19.4. The zero-order chi connectivity index (χ0) is 37.0. The summed E-state index contributed by atoms with van der Waals surface area (Å²) >= 11 is 0. The maximum absolute atomic E-state index is 3.00. The van der Waals surface area contributed by atoms with Gasteiger partial charge in [-0.1, -0.05) is 41.5 Å². The predicted octanol–water partition coefficient (Wildman–Crippen LogP) is 6.32. The van der Waals surface area contributed by atoms with Crippen molar-refractivity contribution < 1.29 is 0 Å². The monoisotopic (exact) mass is 680 g/mol. The lowest BCUT2D eigenvalue weighted by Crippen LogP contribution is -2.70. The van der Waals surface area contributed by atoms with Gasteiger partial charge in [0, 0.05) is 84.6 Å². The van der Waals surface area contributed by atoms with E-state index < -0.39 is 8.07 Å². The minimum absolute atomic E-state index is 0.316. The van der Waals surface area contributed by atoms with Crippen molar-refractivity contribution in [1.29, 1.82) is 0 Å². The summed E-state index contributed by atoms with van der Waals surface area (Å²) in [5.41, 5.74) is 15.9. The van der Waals surface area contributed by atoms with Crippen molar-refractivity contribution in [3.8, 4) is 0 Å². The Hall–Kier alpha value is -3.84. The van der Waals surface area contributed by atoms with Gasteiger partial charge in [0.2, 0.25) is 0 Å². The summed E-state index contributed by atoms with van der Waals surface area (Å²) in [7, 11) is 23.1. The minimum Gasteiger partial charge on any atom is -0.376 e. The molecule has 1 atom stereocenters. The van der Waals surface area contributed by atoms with E-state index in [0.29, 0.717) is 5.92 Å². The fourth-order valence-corrected chi connectivity index (χ4v) is 14.5. The van der Waals surface area contributed by atoms with Crippen LogP contribution >= 0.6 is 0 Å². The Kier molecular flexibility index (Phi) is 10.7. The fourth-order valence-electron chi connectivity index (χ4n) is 8.64. The van der Waals surface area contributed by atoms with Crippen LogP contribution in [0.1, 0.15) is 44.4 Å². The summed E-state index contributed by atoms with van der Waals surface area (Å²) in [5, 5.41) is 5.91. The Morgan fingerprint density at radius 1 is 0.408 bits per heavy atom. The van der Waals surface area contributed by atoms with Crippen molar-refractivity contribution in [3.05, 3.63) is 75.0 Å². The van der Waals surface area contributed by atoms with Gasteiger partial charge in [0.15, 0.2) is 8.07 Å². The van der Waals surface area contributed by atoms with E-state index in [-0.39, 0.29) is 0 Å². The molecule has 0 amide bonds. The molecular weight excluding hydrogens is 617 g/mol. The Morgan fingerprint density at radius 3 is 0.898 bits per heavy atom. The van der Waals surface area contributed by atoms with Crippen LogP contribution in [0.2, 0.25) is 0 Å². The first-order valence-electron chi connectivity index (χ1n) is 17.6. The average Bonchev–Trinajstić information content (AvgIpc) is 3.18. The predicted molar refractivity (Wildman–Crippen MR) is 224 cm³/mol. The lowest BCUT2D eigenvalue weighted by molar-refractivity contribution is 0.851. The second-order valence-electron chi connectivity index (χ2n) is 15.7. The van der Waals surface area contributed by atoms with Gasteiger partial charge in [0.25, 0.3) is 0 Å². The van der Waals surface area contributed by atoms with Gasteiger partial charge in [0.1, 0.15) is 0 Å². The summed E-state index contributed by atoms with van der Waals surface area (Å²) in [6.07, 6.45) is 0. The van der Waals surface area contributed by atoms with Crippen LogP contribution in [0.15, 0.2) is 58.3 Å². The summed E-state index contributed by atoms with van der Waals surface area (Å²) in [5.74, 6) is 0.316. The standard InChI is InChI=1S/C42H64N6Si/c1-26-20-33(23-36(43(8)9)39(26)46(14)15)49(42-31(6)29(4)30(5)32(42)7,34-21-27(2)40(47(16)17)37(24-34)44(10)11)35-22-28(3)41(48(18)19)38(25-35)45(12)13/h20-25,31H,1-19H3. The van der Waals surface area contributed by atoms with Gasteiger partial charge in [-0.05, 0) is 103 Å². The molecule has 266 valence electrons. The molecule has 0 bridgehead atoms. The van der Waals surface area contributed by atoms with Crippen molar-refractivity contribution >= 4 is 57.8 Å². The summed E-state index contributed by atoms with van der Waals surface area (Å²) in [4.78, 5) is 13.7. The van der Waals surface area contributed by atoms with Crippen LogP contribution in [0.4, 0.5) is 34.1 Å². The van der Waals surface area contributed by atoms with Gasteiger partial charge in [-0.15, -0.1) is 0 Å². The van der Waals surface area contributed by atoms with Crippen molar-refractivity contribution in [2.75, 3.05) is 114 Å². The van der Waals surface area contributed by atoms with Crippen molar-refractivity contribution in [1.82, 2.24) is 0 Å². The van der Waals surface area contributed by atoms with E-state index in [2.05, 4.69) is 199 Å². The number of allylic oxidation sites excluding steroid dienone is 4. The molecule has 1 aliphatic carbocycles. The maximum Gasteiger partial charge on any atom is 0.176 e. The number of hydrogen-bond acceptors (Lipinski definition) is 6. The van der Waals surface area contributed by atoms with Gasteiger partial charge >= 0.3 is 0 Å². The molecule has 0 N–H and O–H groups in total. The third-order valence-corrected chi connectivity index (χ3v) is 16.1. The summed E-state index contributed by atoms with van der Waals surface area (Å²) in [6.45, 7) is 16.5. The second kappa shape index (κ2) is 13.8. The zero-order valence-corrected chi connectivity index (χ0v) is 35.2. The molecule has 0 radical (unpaired) electrons. The van der Waals surface area contributed by atoms with Gasteiger partial charge in [-0.2, -0.15) is 0 Å². The first-order chi connectivity index (χ1) is 22.7. The molecule has 49 heavy (non-hydrogen) atoms. The quantitative estimate of drug-likeness (QED) is 0.183. The molecular formula is C42H64N6Si. The Morgan fingerprint density at radius 2 is 0.694 bits per heavy atom. The van der Waals surface area contributed by atoms with E-state index in [1.165, 1.54) is 83.1 Å². The molecule has 3 aromatic carbocycles. The SMILES string of the molecule is CC1=C(C)C(C)C([Si](c2cc(C)c(N(C)C)c(N(C)C)c2)(c2cc(C)c(N(C)C)c(N(C)C)c2)c2cc(C)c(N(C)C)c(N(C)C)c2)=C1C.